The number of anilines is 2. The number of hydrogen-bond acceptors (Lipinski definition) is 8. The molecule has 0 aliphatic carbocycles. The maximum absolute atomic E-state index is 11.2. The Hall–Kier alpha value is -1.93. The van der Waals surface area contributed by atoms with Crippen molar-refractivity contribution in [3.8, 4) is 0 Å². The van der Waals surface area contributed by atoms with Gasteiger partial charge in [0.2, 0.25) is 5.95 Å². The van der Waals surface area contributed by atoms with Crippen LogP contribution in [0.5, 0.6) is 0 Å². The van der Waals surface area contributed by atoms with Gasteiger partial charge in [0.05, 0.1) is 18.4 Å². The summed E-state index contributed by atoms with van der Waals surface area (Å²) in [4.78, 5) is 21.6. The molecule has 1 aliphatic rings. The number of ether oxygens (including phenoxy) is 1. The molecular formula is C19H33N5O3. The van der Waals surface area contributed by atoms with Gasteiger partial charge in [0.25, 0.3) is 0 Å². The first kappa shape index (κ1) is 21.4. The first-order valence-electron chi connectivity index (χ1n) is 9.96. The Balaban J connectivity index is 1.52. The van der Waals surface area contributed by atoms with Gasteiger partial charge in [0.15, 0.2) is 0 Å². The standard InChI is InChI=1S/C19H33N5O3/c1-2-27-17(26)10-8-6-4-3-5-7-9-14(25)11-24-12-15-16(13-24)22-19(21)23-18(15)20/h14,25H,2-13H2,1H3,(H4,20,21,22,23). The zero-order valence-corrected chi connectivity index (χ0v) is 16.3. The normalized spacial score (nSPS) is 14.9. The van der Waals surface area contributed by atoms with Crippen molar-refractivity contribution >= 4 is 17.7 Å². The van der Waals surface area contributed by atoms with Crippen molar-refractivity contribution in [2.24, 2.45) is 0 Å². The van der Waals surface area contributed by atoms with Crippen LogP contribution >= 0.6 is 0 Å². The number of aliphatic hydroxyl groups excluding tert-OH is 1. The molecule has 0 saturated heterocycles. The Kier molecular flexibility index (Phi) is 8.74. The summed E-state index contributed by atoms with van der Waals surface area (Å²) in [5, 5.41) is 10.3. The number of unbranched alkanes of at least 4 members (excludes halogenated alkanes) is 5. The zero-order chi connectivity index (χ0) is 19.6. The van der Waals surface area contributed by atoms with E-state index in [2.05, 4.69) is 14.9 Å². The van der Waals surface area contributed by atoms with E-state index < -0.39 is 0 Å². The predicted molar refractivity (Wildman–Crippen MR) is 105 cm³/mol. The summed E-state index contributed by atoms with van der Waals surface area (Å²) in [6.07, 6.45) is 7.28. The van der Waals surface area contributed by atoms with Gasteiger partial charge >= 0.3 is 5.97 Å². The smallest absolute Gasteiger partial charge is 0.305 e. The first-order valence-corrected chi connectivity index (χ1v) is 9.96. The third-order valence-corrected chi connectivity index (χ3v) is 4.84. The van der Waals surface area contributed by atoms with Crippen LogP contribution in [0.1, 0.15) is 69.5 Å². The summed E-state index contributed by atoms with van der Waals surface area (Å²) < 4.78 is 4.91. The van der Waals surface area contributed by atoms with E-state index in [-0.39, 0.29) is 18.0 Å². The van der Waals surface area contributed by atoms with E-state index in [0.717, 1.165) is 56.2 Å². The molecule has 2 rings (SSSR count). The number of esters is 1. The van der Waals surface area contributed by atoms with Gasteiger partial charge in [-0.3, -0.25) is 9.69 Å². The fraction of sp³-hybridized carbons (Fsp3) is 0.737. The lowest BCUT2D eigenvalue weighted by Gasteiger charge is -2.19. The Bertz CT molecular complexity index is 611. The molecule has 1 atom stereocenters. The summed E-state index contributed by atoms with van der Waals surface area (Å²) in [7, 11) is 0. The van der Waals surface area contributed by atoms with Gasteiger partial charge in [-0.15, -0.1) is 0 Å². The molecule has 27 heavy (non-hydrogen) atoms. The highest BCUT2D eigenvalue weighted by molar-refractivity contribution is 5.69. The number of hydrogen-bond donors (Lipinski definition) is 3. The third kappa shape index (κ3) is 7.30. The van der Waals surface area contributed by atoms with Crippen LogP contribution in [0.4, 0.5) is 11.8 Å². The van der Waals surface area contributed by atoms with E-state index in [4.69, 9.17) is 16.2 Å². The van der Waals surface area contributed by atoms with Crippen LogP contribution in [0.15, 0.2) is 0 Å². The topological polar surface area (TPSA) is 128 Å². The summed E-state index contributed by atoms with van der Waals surface area (Å²) >= 11 is 0. The van der Waals surface area contributed by atoms with Crippen LogP contribution in [-0.4, -0.2) is 45.2 Å². The van der Waals surface area contributed by atoms with Crippen LogP contribution in [0.2, 0.25) is 0 Å². The summed E-state index contributed by atoms with van der Waals surface area (Å²) in [6, 6.07) is 0. The average molecular weight is 380 g/mol. The Morgan fingerprint density at radius 2 is 1.85 bits per heavy atom. The molecular weight excluding hydrogens is 346 g/mol. The van der Waals surface area contributed by atoms with E-state index in [9.17, 15) is 9.90 Å². The molecule has 1 unspecified atom stereocenters. The van der Waals surface area contributed by atoms with Crippen LogP contribution < -0.4 is 11.5 Å². The molecule has 1 aliphatic heterocycles. The number of β-amino-alcohol motifs (C(OH)–C–C–N with tert-alkyl or cyclic N) is 1. The monoisotopic (exact) mass is 379 g/mol. The Labute approximate surface area is 161 Å². The lowest BCUT2D eigenvalue weighted by Crippen LogP contribution is -2.28. The van der Waals surface area contributed by atoms with Gasteiger partial charge in [0, 0.05) is 31.6 Å². The van der Waals surface area contributed by atoms with Crippen LogP contribution in [-0.2, 0) is 22.6 Å². The molecule has 8 heteroatoms. The second-order valence-corrected chi connectivity index (χ2v) is 7.18. The van der Waals surface area contributed by atoms with Crippen molar-refractivity contribution in [1.82, 2.24) is 14.9 Å². The fourth-order valence-electron chi connectivity index (χ4n) is 3.47. The fourth-order valence-corrected chi connectivity index (χ4v) is 3.47. The highest BCUT2D eigenvalue weighted by Gasteiger charge is 2.25. The maximum atomic E-state index is 11.2. The number of aliphatic hydroxyl groups is 1. The van der Waals surface area contributed by atoms with E-state index in [1.165, 1.54) is 0 Å². The number of fused-ring (bicyclic) bond motifs is 1. The molecule has 152 valence electrons. The van der Waals surface area contributed by atoms with Gasteiger partial charge in [0.1, 0.15) is 5.82 Å². The van der Waals surface area contributed by atoms with Crippen LogP contribution in [0, 0.1) is 0 Å². The summed E-state index contributed by atoms with van der Waals surface area (Å²) in [5.41, 5.74) is 13.3. The molecule has 0 amide bonds. The third-order valence-electron chi connectivity index (χ3n) is 4.84. The number of rotatable bonds is 12. The molecule has 0 saturated carbocycles. The van der Waals surface area contributed by atoms with Crippen LogP contribution in [0.25, 0.3) is 0 Å². The number of carbonyl (C=O) groups is 1. The summed E-state index contributed by atoms with van der Waals surface area (Å²) in [5.74, 6) is 0.550. The molecule has 5 N–H and O–H groups in total. The van der Waals surface area contributed by atoms with E-state index in [1.54, 1.807) is 0 Å². The number of carbonyl (C=O) groups excluding carboxylic acids is 1. The lowest BCUT2D eigenvalue weighted by atomic mass is 10.1. The number of nitrogens with two attached hydrogens (primary N) is 2. The van der Waals surface area contributed by atoms with Gasteiger partial charge in [-0.25, -0.2) is 4.98 Å². The second kappa shape index (κ2) is 11.0. The highest BCUT2D eigenvalue weighted by atomic mass is 16.5. The zero-order valence-electron chi connectivity index (χ0n) is 16.3. The molecule has 1 aromatic rings. The van der Waals surface area contributed by atoms with Gasteiger partial charge in [-0.05, 0) is 19.8 Å². The molecule has 0 aromatic carbocycles. The van der Waals surface area contributed by atoms with Crippen molar-refractivity contribution in [2.45, 2.75) is 77.5 Å². The lowest BCUT2D eigenvalue weighted by molar-refractivity contribution is -0.143. The summed E-state index contributed by atoms with van der Waals surface area (Å²) in [6.45, 7) is 4.21. The van der Waals surface area contributed by atoms with Gasteiger partial charge < -0.3 is 21.3 Å². The SMILES string of the molecule is CCOC(=O)CCCCCCCCC(O)CN1Cc2nc(N)nc(N)c2C1. The van der Waals surface area contributed by atoms with E-state index in [0.29, 0.717) is 38.5 Å². The molecule has 8 nitrogen and oxygen atoms in total. The van der Waals surface area contributed by atoms with Crippen LogP contribution in [0.3, 0.4) is 0 Å². The molecule has 0 spiro atoms. The number of nitrogens with zero attached hydrogens (tertiary/aromatic N) is 3. The minimum atomic E-state index is -0.352. The average Bonchev–Trinajstić information content (AvgIpc) is 3.00. The van der Waals surface area contributed by atoms with Crippen molar-refractivity contribution in [1.29, 1.82) is 0 Å². The quantitative estimate of drug-likeness (QED) is 0.372. The number of nitrogen functional groups attached to an aromatic ring is 2. The minimum Gasteiger partial charge on any atom is -0.466 e. The molecule has 1 aromatic heterocycles. The number of aromatic nitrogens is 2. The van der Waals surface area contributed by atoms with Crippen molar-refractivity contribution in [3.05, 3.63) is 11.3 Å². The minimum absolute atomic E-state index is 0.0971. The van der Waals surface area contributed by atoms with E-state index in [1.807, 2.05) is 6.92 Å². The molecule has 2 heterocycles. The van der Waals surface area contributed by atoms with Gasteiger partial charge in [-0.1, -0.05) is 32.1 Å². The predicted octanol–water partition coefficient (Wildman–Crippen LogP) is 2.00. The Morgan fingerprint density at radius 3 is 2.59 bits per heavy atom. The highest BCUT2D eigenvalue weighted by Crippen LogP contribution is 2.26. The first-order chi connectivity index (χ1) is 13.0. The largest absolute Gasteiger partial charge is 0.466 e. The second-order valence-electron chi connectivity index (χ2n) is 7.18. The Morgan fingerprint density at radius 1 is 1.15 bits per heavy atom. The molecule has 0 radical (unpaired) electrons. The van der Waals surface area contributed by atoms with Crippen molar-refractivity contribution < 1.29 is 14.6 Å². The maximum Gasteiger partial charge on any atom is 0.305 e. The van der Waals surface area contributed by atoms with Crippen molar-refractivity contribution in [3.63, 3.8) is 0 Å². The van der Waals surface area contributed by atoms with Gasteiger partial charge in [-0.2, -0.15) is 4.98 Å². The van der Waals surface area contributed by atoms with Crippen molar-refractivity contribution in [2.75, 3.05) is 24.6 Å². The molecule has 0 fully saturated rings. The van der Waals surface area contributed by atoms with E-state index >= 15 is 0 Å². The molecule has 0 bridgehead atoms.